The van der Waals surface area contributed by atoms with Gasteiger partial charge in [0.15, 0.2) is 0 Å². The quantitative estimate of drug-likeness (QED) is 0.763. The Hall–Kier alpha value is -2.20. The van der Waals surface area contributed by atoms with E-state index in [4.69, 9.17) is 0 Å². The summed E-state index contributed by atoms with van der Waals surface area (Å²) in [6, 6.07) is 13.3. The number of hydrogen-bond acceptors (Lipinski definition) is 2. The monoisotopic (exact) mass is 283 g/mol. The number of imidazole rings is 1. The molecule has 0 amide bonds. The van der Waals surface area contributed by atoms with Crippen LogP contribution in [0.5, 0.6) is 0 Å². The molecule has 108 valence electrons. The minimum Gasteiger partial charge on any atom is -0.341 e. The summed E-state index contributed by atoms with van der Waals surface area (Å²) in [6.07, 6.45) is 0. The molecule has 0 saturated heterocycles. The Morgan fingerprint density at radius 3 is 2.81 bits per heavy atom. The summed E-state index contributed by atoms with van der Waals surface area (Å²) in [5.41, 5.74) is 3.59. The first kappa shape index (κ1) is 13.8. The number of fused-ring (bicyclic) bond motifs is 1. The number of halogens is 1. The maximum atomic E-state index is 13.5. The molecular formula is C17H18FN3. The van der Waals surface area contributed by atoms with E-state index in [1.807, 2.05) is 37.3 Å². The topological polar surface area (TPSA) is 40.7 Å². The van der Waals surface area contributed by atoms with Gasteiger partial charge in [-0.2, -0.15) is 0 Å². The minimum atomic E-state index is -0.161. The maximum absolute atomic E-state index is 13.5. The summed E-state index contributed by atoms with van der Waals surface area (Å²) in [5, 5.41) is 3.36. The molecule has 0 fully saturated rings. The second kappa shape index (κ2) is 5.66. The van der Waals surface area contributed by atoms with Gasteiger partial charge in [0.05, 0.1) is 17.1 Å². The van der Waals surface area contributed by atoms with Gasteiger partial charge in [0.25, 0.3) is 0 Å². The molecule has 0 spiro atoms. The van der Waals surface area contributed by atoms with Crippen LogP contribution in [-0.4, -0.2) is 9.97 Å². The van der Waals surface area contributed by atoms with E-state index in [1.165, 1.54) is 0 Å². The van der Waals surface area contributed by atoms with E-state index in [2.05, 4.69) is 15.3 Å². The molecule has 21 heavy (non-hydrogen) atoms. The standard InChI is InChI=1S/C17H18FN3/c1-11-7-8-13(9-14(11)18)10-19-12(2)17-20-15-5-3-4-6-16(15)21-17/h3-9,12,19H,10H2,1-2H3,(H,20,21). The summed E-state index contributed by atoms with van der Waals surface area (Å²) in [6.45, 7) is 4.42. The van der Waals surface area contributed by atoms with E-state index < -0.39 is 0 Å². The van der Waals surface area contributed by atoms with Gasteiger partial charge in [-0.3, -0.25) is 0 Å². The molecule has 1 aromatic heterocycles. The molecule has 0 saturated carbocycles. The Kier molecular flexibility index (Phi) is 3.71. The minimum absolute atomic E-state index is 0.0711. The van der Waals surface area contributed by atoms with Crippen molar-refractivity contribution in [2.75, 3.05) is 0 Å². The van der Waals surface area contributed by atoms with E-state index in [9.17, 15) is 4.39 Å². The van der Waals surface area contributed by atoms with Gasteiger partial charge in [0, 0.05) is 6.54 Å². The summed E-state index contributed by atoms with van der Waals surface area (Å²) in [5.74, 6) is 0.731. The fourth-order valence-electron chi connectivity index (χ4n) is 2.29. The molecule has 2 aromatic carbocycles. The van der Waals surface area contributed by atoms with Gasteiger partial charge >= 0.3 is 0 Å². The van der Waals surface area contributed by atoms with Crippen molar-refractivity contribution < 1.29 is 4.39 Å². The summed E-state index contributed by atoms with van der Waals surface area (Å²) < 4.78 is 13.5. The molecule has 3 nitrogen and oxygen atoms in total. The highest BCUT2D eigenvalue weighted by Crippen LogP contribution is 2.16. The number of nitrogens with one attached hydrogen (secondary N) is 2. The number of aryl methyl sites for hydroxylation is 1. The van der Waals surface area contributed by atoms with E-state index in [0.717, 1.165) is 22.4 Å². The summed E-state index contributed by atoms with van der Waals surface area (Å²) in [7, 11) is 0. The maximum Gasteiger partial charge on any atom is 0.126 e. The zero-order valence-electron chi connectivity index (χ0n) is 12.2. The third-order valence-electron chi connectivity index (χ3n) is 3.67. The summed E-state index contributed by atoms with van der Waals surface area (Å²) >= 11 is 0. The number of hydrogen-bond donors (Lipinski definition) is 2. The first-order chi connectivity index (χ1) is 10.1. The molecule has 0 aliphatic carbocycles. The molecular weight excluding hydrogens is 265 g/mol. The van der Waals surface area contributed by atoms with Crippen molar-refractivity contribution >= 4 is 11.0 Å². The van der Waals surface area contributed by atoms with Crippen molar-refractivity contribution in [3.63, 3.8) is 0 Å². The van der Waals surface area contributed by atoms with Crippen molar-refractivity contribution in [1.82, 2.24) is 15.3 Å². The number of H-pyrrole nitrogens is 1. The van der Waals surface area contributed by atoms with E-state index >= 15 is 0 Å². The lowest BCUT2D eigenvalue weighted by atomic mass is 10.1. The smallest absolute Gasteiger partial charge is 0.126 e. The molecule has 3 aromatic rings. The van der Waals surface area contributed by atoms with Crippen LogP contribution in [0.15, 0.2) is 42.5 Å². The van der Waals surface area contributed by atoms with Gasteiger partial charge in [0.2, 0.25) is 0 Å². The van der Waals surface area contributed by atoms with Gasteiger partial charge in [-0.1, -0.05) is 24.3 Å². The Balaban J connectivity index is 1.70. The predicted molar refractivity (Wildman–Crippen MR) is 82.5 cm³/mol. The lowest BCUT2D eigenvalue weighted by molar-refractivity contribution is 0.548. The second-order valence-electron chi connectivity index (χ2n) is 5.33. The van der Waals surface area contributed by atoms with Crippen LogP contribution < -0.4 is 5.32 Å². The van der Waals surface area contributed by atoms with Crippen molar-refractivity contribution in [3.05, 3.63) is 65.2 Å². The van der Waals surface area contributed by atoms with Crippen LogP contribution >= 0.6 is 0 Å². The van der Waals surface area contributed by atoms with Gasteiger partial charge < -0.3 is 10.3 Å². The van der Waals surface area contributed by atoms with Crippen molar-refractivity contribution in [3.8, 4) is 0 Å². The van der Waals surface area contributed by atoms with Gasteiger partial charge in [-0.25, -0.2) is 9.37 Å². The predicted octanol–water partition coefficient (Wildman–Crippen LogP) is 3.86. The lowest BCUT2D eigenvalue weighted by Crippen LogP contribution is -2.19. The zero-order chi connectivity index (χ0) is 14.8. The van der Waals surface area contributed by atoms with Gasteiger partial charge in [0.1, 0.15) is 11.6 Å². The second-order valence-corrected chi connectivity index (χ2v) is 5.33. The number of nitrogens with zero attached hydrogens (tertiary/aromatic N) is 1. The highest BCUT2D eigenvalue weighted by atomic mass is 19.1. The van der Waals surface area contributed by atoms with Crippen LogP contribution in [0.2, 0.25) is 0 Å². The third kappa shape index (κ3) is 2.95. The van der Waals surface area contributed by atoms with Crippen LogP contribution in [0.4, 0.5) is 4.39 Å². The molecule has 1 heterocycles. The molecule has 0 radical (unpaired) electrons. The zero-order valence-corrected chi connectivity index (χ0v) is 12.2. The number of benzene rings is 2. The fraction of sp³-hybridized carbons (Fsp3) is 0.235. The van der Waals surface area contributed by atoms with Crippen LogP contribution in [0, 0.1) is 12.7 Å². The van der Waals surface area contributed by atoms with E-state index in [-0.39, 0.29) is 11.9 Å². The van der Waals surface area contributed by atoms with Gasteiger partial charge in [-0.05, 0) is 43.2 Å². The molecule has 0 bridgehead atoms. The molecule has 1 atom stereocenters. The highest BCUT2D eigenvalue weighted by Gasteiger charge is 2.10. The average molecular weight is 283 g/mol. The average Bonchev–Trinajstić information content (AvgIpc) is 2.92. The Morgan fingerprint density at radius 1 is 1.24 bits per heavy atom. The molecule has 4 heteroatoms. The van der Waals surface area contributed by atoms with E-state index in [0.29, 0.717) is 12.1 Å². The Bertz CT molecular complexity index is 731. The number of aromatic nitrogens is 2. The molecule has 0 aliphatic heterocycles. The largest absolute Gasteiger partial charge is 0.341 e. The molecule has 0 aliphatic rings. The Morgan fingerprint density at radius 2 is 2.05 bits per heavy atom. The van der Waals surface area contributed by atoms with Crippen molar-refractivity contribution in [1.29, 1.82) is 0 Å². The molecule has 2 N–H and O–H groups in total. The SMILES string of the molecule is Cc1ccc(CNC(C)c2nc3ccccc3[nH]2)cc1F. The van der Waals surface area contributed by atoms with E-state index in [1.54, 1.807) is 19.1 Å². The van der Waals surface area contributed by atoms with Crippen LogP contribution in [-0.2, 0) is 6.54 Å². The Labute approximate surface area is 123 Å². The molecule has 3 rings (SSSR count). The first-order valence-electron chi connectivity index (χ1n) is 7.06. The number of para-hydroxylation sites is 2. The third-order valence-corrected chi connectivity index (χ3v) is 3.67. The van der Waals surface area contributed by atoms with Crippen LogP contribution in [0.25, 0.3) is 11.0 Å². The lowest BCUT2D eigenvalue weighted by Gasteiger charge is -2.11. The highest BCUT2D eigenvalue weighted by molar-refractivity contribution is 5.74. The van der Waals surface area contributed by atoms with Crippen molar-refractivity contribution in [2.45, 2.75) is 26.4 Å². The summed E-state index contributed by atoms with van der Waals surface area (Å²) in [4.78, 5) is 7.87. The fourth-order valence-corrected chi connectivity index (χ4v) is 2.29. The van der Waals surface area contributed by atoms with Gasteiger partial charge in [-0.15, -0.1) is 0 Å². The first-order valence-corrected chi connectivity index (χ1v) is 7.06. The molecule has 1 unspecified atom stereocenters. The number of rotatable bonds is 4. The van der Waals surface area contributed by atoms with Crippen molar-refractivity contribution in [2.24, 2.45) is 0 Å². The number of aromatic amines is 1. The van der Waals surface area contributed by atoms with Crippen LogP contribution in [0.3, 0.4) is 0 Å². The van der Waals surface area contributed by atoms with Crippen LogP contribution in [0.1, 0.15) is 29.9 Å². The normalized spacial score (nSPS) is 12.7.